The number of nitrogens with zero attached hydrogens (tertiary/aromatic N) is 4. The maximum absolute atomic E-state index is 12.5. The molecule has 0 radical (unpaired) electrons. The average Bonchev–Trinajstić information content (AvgIpc) is 3.47. The number of nitrogens with one attached hydrogen (secondary N) is 2. The van der Waals surface area contributed by atoms with Gasteiger partial charge in [0.25, 0.3) is 11.8 Å². The van der Waals surface area contributed by atoms with Crippen molar-refractivity contribution >= 4 is 17.5 Å². The van der Waals surface area contributed by atoms with Crippen LogP contribution in [0.4, 0.5) is 5.69 Å². The number of aromatic nitrogens is 4. The van der Waals surface area contributed by atoms with Crippen LogP contribution in [0.5, 0.6) is 0 Å². The number of hydrogen-bond donors (Lipinski definition) is 2. The summed E-state index contributed by atoms with van der Waals surface area (Å²) in [5.74, 6) is 0.604. The van der Waals surface area contributed by atoms with E-state index >= 15 is 0 Å². The molecule has 2 amide bonds. The fourth-order valence-corrected chi connectivity index (χ4v) is 2.60. The first kappa shape index (κ1) is 18.1. The second-order valence-corrected chi connectivity index (χ2v) is 6.04. The van der Waals surface area contributed by atoms with Crippen LogP contribution in [0.15, 0.2) is 77.9 Å². The monoisotopic (exact) mass is 388 g/mol. The van der Waals surface area contributed by atoms with E-state index in [4.69, 9.17) is 4.42 Å². The molecule has 29 heavy (non-hydrogen) atoms. The molecule has 0 unspecified atom stereocenters. The van der Waals surface area contributed by atoms with Crippen LogP contribution < -0.4 is 10.6 Å². The fourth-order valence-electron chi connectivity index (χ4n) is 2.60. The van der Waals surface area contributed by atoms with E-state index < -0.39 is 0 Å². The Balaban J connectivity index is 1.39. The Hall–Kier alpha value is -4.27. The molecule has 0 saturated heterocycles. The number of pyridine rings is 1. The zero-order chi connectivity index (χ0) is 20.1. The Bertz CT molecular complexity index is 1110. The lowest BCUT2D eigenvalue weighted by molar-refractivity contribution is 0.0947. The first-order valence-corrected chi connectivity index (χ1v) is 8.73. The summed E-state index contributed by atoms with van der Waals surface area (Å²) >= 11 is 0. The van der Waals surface area contributed by atoms with Gasteiger partial charge >= 0.3 is 0 Å². The third-order valence-corrected chi connectivity index (χ3v) is 4.06. The highest BCUT2D eigenvalue weighted by Crippen LogP contribution is 2.12. The number of amides is 2. The summed E-state index contributed by atoms with van der Waals surface area (Å²) in [6, 6.07) is 15.2. The molecule has 9 nitrogen and oxygen atoms in total. The van der Waals surface area contributed by atoms with Crippen molar-refractivity contribution in [2.45, 2.75) is 6.54 Å². The SMILES string of the molecule is O=C(NCc1ccco1)c1ccc(NC(=O)c2cccc(-n3cnnc3)n2)cc1. The zero-order valence-corrected chi connectivity index (χ0v) is 15.1. The smallest absolute Gasteiger partial charge is 0.274 e. The lowest BCUT2D eigenvalue weighted by Gasteiger charge is -2.08. The topological polar surface area (TPSA) is 115 Å². The summed E-state index contributed by atoms with van der Waals surface area (Å²) in [7, 11) is 0. The van der Waals surface area contributed by atoms with Crippen LogP contribution in [-0.4, -0.2) is 31.6 Å². The molecule has 0 aliphatic rings. The van der Waals surface area contributed by atoms with Gasteiger partial charge in [0.15, 0.2) is 0 Å². The van der Waals surface area contributed by atoms with Crippen molar-refractivity contribution in [1.29, 1.82) is 0 Å². The molecule has 3 heterocycles. The van der Waals surface area contributed by atoms with E-state index in [1.54, 1.807) is 65.4 Å². The van der Waals surface area contributed by atoms with Gasteiger partial charge in [-0.3, -0.25) is 14.2 Å². The normalized spacial score (nSPS) is 10.5. The number of anilines is 1. The predicted molar refractivity (Wildman–Crippen MR) is 103 cm³/mol. The molecule has 0 atom stereocenters. The summed E-state index contributed by atoms with van der Waals surface area (Å²) in [6.07, 6.45) is 4.55. The van der Waals surface area contributed by atoms with Crippen LogP contribution in [-0.2, 0) is 6.54 Å². The zero-order valence-electron chi connectivity index (χ0n) is 15.1. The molecule has 4 aromatic rings. The van der Waals surface area contributed by atoms with Gasteiger partial charge in [-0.15, -0.1) is 10.2 Å². The number of furan rings is 1. The number of hydrogen-bond acceptors (Lipinski definition) is 6. The molecule has 0 bridgehead atoms. The number of rotatable bonds is 6. The maximum atomic E-state index is 12.5. The fraction of sp³-hybridized carbons (Fsp3) is 0.0500. The molecule has 4 rings (SSSR count). The highest BCUT2D eigenvalue weighted by molar-refractivity contribution is 6.03. The molecule has 0 spiro atoms. The van der Waals surface area contributed by atoms with Crippen LogP contribution >= 0.6 is 0 Å². The summed E-state index contributed by atoms with van der Waals surface area (Å²) in [5, 5.41) is 13.0. The van der Waals surface area contributed by atoms with Crippen LogP contribution in [0.2, 0.25) is 0 Å². The summed E-state index contributed by atoms with van der Waals surface area (Å²) < 4.78 is 6.78. The molecule has 0 saturated carbocycles. The third-order valence-electron chi connectivity index (χ3n) is 4.06. The van der Waals surface area contributed by atoms with Gasteiger partial charge in [0.05, 0.1) is 12.8 Å². The lowest BCUT2D eigenvalue weighted by Crippen LogP contribution is -2.22. The molecule has 144 valence electrons. The summed E-state index contributed by atoms with van der Waals surface area (Å²) in [6.45, 7) is 0.304. The molecular formula is C20H16N6O3. The van der Waals surface area contributed by atoms with Gasteiger partial charge in [-0.05, 0) is 48.5 Å². The number of carbonyl (C=O) groups excluding carboxylic acids is 2. The Kier molecular flexibility index (Phi) is 5.10. The van der Waals surface area contributed by atoms with Crippen molar-refractivity contribution in [2.75, 3.05) is 5.32 Å². The molecule has 2 N–H and O–H groups in total. The van der Waals surface area contributed by atoms with Crippen molar-refractivity contribution in [1.82, 2.24) is 25.1 Å². The van der Waals surface area contributed by atoms with E-state index in [0.717, 1.165) is 0 Å². The molecule has 0 aliphatic carbocycles. The molecule has 0 aliphatic heterocycles. The number of benzene rings is 1. The third kappa shape index (κ3) is 4.35. The van der Waals surface area contributed by atoms with E-state index in [2.05, 4.69) is 25.8 Å². The van der Waals surface area contributed by atoms with Gasteiger partial charge in [-0.1, -0.05) is 6.07 Å². The Morgan fingerprint density at radius 3 is 2.45 bits per heavy atom. The average molecular weight is 388 g/mol. The van der Waals surface area contributed by atoms with Crippen molar-refractivity contribution in [3.05, 3.63) is 90.5 Å². The van der Waals surface area contributed by atoms with E-state index in [1.165, 1.54) is 12.7 Å². The van der Waals surface area contributed by atoms with Crippen molar-refractivity contribution < 1.29 is 14.0 Å². The van der Waals surface area contributed by atoms with Crippen LogP contribution in [0.3, 0.4) is 0 Å². The van der Waals surface area contributed by atoms with Crippen molar-refractivity contribution in [2.24, 2.45) is 0 Å². The van der Waals surface area contributed by atoms with Crippen molar-refractivity contribution in [3.8, 4) is 5.82 Å². The minimum atomic E-state index is -0.366. The van der Waals surface area contributed by atoms with Gasteiger partial charge < -0.3 is 15.1 Å². The van der Waals surface area contributed by atoms with E-state index in [-0.39, 0.29) is 17.5 Å². The van der Waals surface area contributed by atoms with Gasteiger partial charge in [-0.2, -0.15) is 0 Å². The first-order valence-electron chi connectivity index (χ1n) is 8.73. The van der Waals surface area contributed by atoms with Gasteiger partial charge in [0, 0.05) is 11.3 Å². The van der Waals surface area contributed by atoms with E-state index in [1.807, 2.05) is 0 Å². The predicted octanol–water partition coefficient (Wildman–Crippen LogP) is 2.44. The quantitative estimate of drug-likeness (QED) is 0.524. The van der Waals surface area contributed by atoms with E-state index in [0.29, 0.717) is 29.4 Å². The summed E-state index contributed by atoms with van der Waals surface area (Å²) in [5.41, 5.74) is 1.27. The molecule has 0 fully saturated rings. The summed E-state index contributed by atoms with van der Waals surface area (Å²) in [4.78, 5) is 29.0. The Labute approximate surface area is 165 Å². The van der Waals surface area contributed by atoms with Crippen LogP contribution in [0.25, 0.3) is 5.82 Å². The van der Waals surface area contributed by atoms with E-state index in [9.17, 15) is 9.59 Å². The molecule has 3 aromatic heterocycles. The first-order chi connectivity index (χ1) is 14.2. The highest BCUT2D eigenvalue weighted by Gasteiger charge is 2.11. The van der Waals surface area contributed by atoms with Crippen LogP contribution in [0, 0.1) is 0 Å². The van der Waals surface area contributed by atoms with Gasteiger partial charge in [-0.25, -0.2) is 4.98 Å². The minimum absolute atomic E-state index is 0.234. The largest absolute Gasteiger partial charge is 0.467 e. The second kappa shape index (κ2) is 8.17. The minimum Gasteiger partial charge on any atom is -0.467 e. The highest BCUT2D eigenvalue weighted by atomic mass is 16.3. The lowest BCUT2D eigenvalue weighted by atomic mass is 10.2. The Morgan fingerprint density at radius 2 is 1.72 bits per heavy atom. The molecule has 9 heteroatoms. The van der Waals surface area contributed by atoms with Gasteiger partial charge in [0.1, 0.15) is 29.9 Å². The standard InChI is InChI=1S/C20H16N6O3/c27-19(21-11-16-3-2-10-29-16)14-6-8-15(9-7-14)24-20(28)17-4-1-5-18(25-17)26-12-22-23-13-26/h1-10,12-13H,11H2,(H,21,27)(H,24,28). The van der Waals surface area contributed by atoms with Crippen LogP contribution in [0.1, 0.15) is 26.6 Å². The molecular weight excluding hydrogens is 372 g/mol. The van der Waals surface area contributed by atoms with Gasteiger partial charge in [0.2, 0.25) is 0 Å². The molecule has 1 aromatic carbocycles. The number of carbonyl (C=O) groups is 2. The second-order valence-electron chi connectivity index (χ2n) is 6.04. The Morgan fingerprint density at radius 1 is 0.931 bits per heavy atom. The maximum Gasteiger partial charge on any atom is 0.274 e. The van der Waals surface area contributed by atoms with Crippen molar-refractivity contribution in [3.63, 3.8) is 0 Å².